The van der Waals surface area contributed by atoms with Crippen molar-refractivity contribution in [3.63, 3.8) is 0 Å². The molecule has 0 bridgehead atoms. The van der Waals surface area contributed by atoms with Gasteiger partial charge in [0.2, 0.25) is 5.91 Å². The van der Waals surface area contributed by atoms with Gasteiger partial charge in [-0.1, -0.05) is 18.2 Å². The van der Waals surface area contributed by atoms with E-state index in [2.05, 4.69) is 5.32 Å². The summed E-state index contributed by atoms with van der Waals surface area (Å²) in [5.41, 5.74) is 6.10. The summed E-state index contributed by atoms with van der Waals surface area (Å²) in [5, 5.41) is 2.77. The molecule has 3 N–H and O–H groups in total. The molecule has 0 aliphatic carbocycles. The first kappa shape index (κ1) is 14.0. The van der Waals surface area contributed by atoms with Crippen LogP contribution >= 0.6 is 0 Å². The maximum Gasteiger partial charge on any atom is 0.249 e. The Morgan fingerprint density at radius 3 is 2.89 bits per heavy atom. The summed E-state index contributed by atoms with van der Waals surface area (Å²) in [6, 6.07) is 6.57. The quantitative estimate of drug-likeness (QED) is 0.835. The predicted molar refractivity (Wildman–Crippen MR) is 70.1 cm³/mol. The van der Waals surface area contributed by atoms with Crippen LogP contribution in [-0.2, 0) is 16.0 Å². The molecule has 19 heavy (non-hydrogen) atoms. The van der Waals surface area contributed by atoms with E-state index in [0.29, 0.717) is 31.5 Å². The van der Waals surface area contributed by atoms with Gasteiger partial charge in [0.05, 0.1) is 6.10 Å². The van der Waals surface area contributed by atoms with Gasteiger partial charge in [0.1, 0.15) is 11.9 Å². The number of nitrogens with one attached hydrogen (secondary N) is 1. The predicted octanol–water partition coefficient (Wildman–Crippen LogP) is 0.991. The Labute approximate surface area is 112 Å². The third-order valence-corrected chi connectivity index (χ3v) is 3.31. The molecule has 2 rings (SSSR count). The second-order valence-electron chi connectivity index (χ2n) is 4.69. The normalized spacial score (nSPS) is 22.4. The van der Waals surface area contributed by atoms with E-state index >= 15 is 0 Å². The molecule has 1 amide bonds. The van der Waals surface area contributed by atoms with Crippen molar-refractivity contribution in [1.29, 1.82) is 0 Å². The van der Waals surface area contributed by atoms with Crippen LogP contribution in [0.3, 0.4) is 0 Å². The monoisotopic (exact) mass is 266 g/mol. The number of nitrogens with two attached hydrogens (primary N) is 1. The fourth-order valence-electron chi connectivity index (χ4n) is 2.21. The zero-order valence-corrected chi connectivity index (χ0v) is 10.8. The molecule has 1 aliphatic heterocycles. The van der Waals surface area contributed by atoms with Gasteiger partial charge in [0, 0.05) is 13.1 Å². The van der Waals surface area contributed by atoms with Crippen LogP contribution in [0.15, 0.2) is 24.3 Å². The lowest BCUT2D eigenvalue weighted by atomic mass is 10.1. The summed E-state index contributed by atoms with van der Waals surface area (Å²) < 4.78 is 18.8. The fourth-order valence-corrected chi connectivity index (χ4v) is 2.21. The molecule has 104 valence electrons. The van der Waals surface area contributed by atoms with Crippen molar-refractivity contribution in [2.24, 2.45) is 5.73 Å². The van der Waals surface area contributed by atoms with E-state index in [1.54, 1.807) is 18.2 Å². The molecule has 1 aromatic carbocycles. The Morgan fingerprint density at radius 2 is 2.21 bits per heavy atom. The topological polar surface area (TPSA) is 64.4 Å². The third kappa shape index (κ3) is 3.75. The molecule has 0 radical (unpaired) electrons. The Balaban J connectivity index is 1.74. The maximum atomic E-state index is 13.4. The van der Waals surface area contributed by atoms with E-state index < -0.39 is 6.10 Å². The average Bonchev–Trinajstić information content (AvgIpc) is 2.90. The minimum Gasteiger partial charge on any atom is -0.364 e. The molecule has 5 heteroatoms. The molecule has 0 aromatic heterocycles. The van der Waals surface area contributed by atoms with Gasteiger partial charge in [-0.3, -0.25) is 4.79 Å². The molecule has 0 saturated carbocycles. The summed E-state index contributed by atoms with van der Waals surface area (Å²) in [4.78, 5) is 11.8. The van der Waals surface area contributed by atoms with E-state index in [4.69, 9.17) is 10.5 Å². The molecule has 1 saturated heterocycles. The zero-order chi connectivity index (χ0) is 13.7. The van der Waals surface area contributed by atoms with Gasteiger partial charge in [-0.15, -0.1) is 0 Å². The zero-order valence-electron chi connectivity index (χ0n) is 10.8. The molecule has 1 aromatic rings. The molecular weight excluding hydrogens is 247 g/mol. The van der Waals surface area contributed by atoms with Crippen molar-refractivity contribution < 1.29 is 13.9 Å². The first-order chi connectivity index (χ1) is 9.20. The molecule has 4 nitrogen and oxygen atoms in total. The third-order valence-electron chi connectivity index (χ3n) is 3.31. The van der Waals surface area contributed by atoms with Crippen molar-refractivity contribution in [2.75, 3.05) is 13.1 Å². The molecule has 1 fully saturated rings. The lowest BCUT2D eigenvalue weighted by molar-refractivity contribution is -0.131. The molecule has 1 heterocycles. The Bertz CT molecular complexity index is 439. The number of carbonyl (C=O) groups excluding carboxylic acids is 1. The van der Waals surface area contributed by atoms with Crippen LogP contribution < -0.4 is 11.1 Å². The summed E-state index contributed by atoms with van der Waals surface area (Å²) in [6.07, 6.45) is 1.58. The Kier molecular flexibility index (Phi) is 4.87. The van der Waals surface area contributed by atoms with Gasteiger partial charge < -0.3 is 15.8 Å². The van der Waals surface area contributed by atoms with Gasteiger partial charge in [-0.2, -0.15) is 0 Å². The number of hydrogen-bond acceptors (Lipinski definition) is 3. The SMILES string of the molecule is NCC1CCC(C(=O)NCCc2ccccc2F)O1. The number of rotatable bonds is 5. The lowest BCUT2D eigenvalue weighted by Crippen LogP contribution is -2.36. The van der Waals surface area contributed by atoms with E-state index in [1.807, 2.05) is 0 Å². The van der Waals surface area contributed by atoms with E-state index in [9.17, 15) is 9.18 Å². The van der Waals surface area contributed by atoms with Crippen LogP contribution in [0.1, 0.15) is 18.4 Å². The lowest BCUT2D eigenvalue weighted by Gasteiger charge is -2.12. The number of benzene rings is 1. The number of ether oxygens (including phenoxy) is 1. The van der Waals surface area contributed by atoms with Gasteiger partial charge in [-0.05, 0) is 30.9 Å². The second-order valence-corrected chi connectivity index (χ2v) is 4.69. The van der Waals surface area contributed by atoms with Crippen LogP contribution in [0, 0.1) is 5.82 Å². The minimum atomic E-state index is -0.408. The summed E-state index contributed by atoms with van der Waals surface area (Å²) in [6.45, 7) is 0.853. The van der Waals surface area contributed by atoms with Gasteiger partial charge >= 0.3 is 0 Å². The largest absolute Gasteiger partial charge is 0.364 e. The first-order valence-corrected chi connectivity index (χ1v) is 6.57. The Morgan fingerprint density at radius 1 is 1.42 bits per heavy atom. The fraction of sp³-hybridized carbons (Fsp3) is 0.500. The number of hydrogen-bond donors (Lipinski definition) is 2. The minimum absolute atomic E-state index is 0.0117. The van der Waals surface area contributed by atoms with Gasteiger partial charge in [0.15, 0.2) is 0 Å². The van der Waals surface area contributed by atoms with Crippen LogP contribution in [0.5, 0.6) is 0 Å². The van der Waals surface area contributed by atoms with Crippen molar-refractivity contribution in [3.8, 4) is 0 Å². The molecule has 2 unspecified atom stereocenters. The molecular formula is C14H19FN2O2. The smallest absolute Gasteiger partial charge is 0.249 e. The van der Waals surface area contributed by atoms with Crippen molar-refractivity contribution in [2.45, 2.75) is 31.5 Å². The van der Waals surface area contributed by atoms with Crippen LogP contribution in [0.4, 0.5) is 4.39 Å². The molecule has 1 aliphatic rings. The molecule has 2 atom stereocenters. The number of carbonyl (C=O) groups is 1. The summed E-state index contributed by atoms with van der Waals surface area (Å²) in [5.74, 6) is -0.371. The van der Waals surface area contributed by atoms with Crippen LogP contribution in [0.2, 0.25) is 0 Å². The highest BCUT2D eigenvalue weighted by molar-refractivity contribution is 5.81. The number of halogens is 1. The van der Waals surface area contributed by atoms with Crippen molar-refractivity contribution in [3.05, 3.63) is 35.6 Å². The number of amides is 1. The van der Waals surface area contributed by atoms with E-state index in [0.717, 1.165) is 6.42 Å². The average molecular weight is 266 g/mol. The molecule has 0 spiro atoms. The summed E-state index contributed by atoms with van der Waals surface area (Å²) in [7, 11) is 0. The van der Waals surface area contributed by atoms with Crippen molar-refractivity contribution >= 4 is 5.91 Å². The van der Waals surface area contributed by atoms with E-state index in [1.165, 1.54) is 6.07 Å². The van der Waals surface area contributed by atoms with E-state index in [-0.39, 0.29) is 17.8 Å². The van der Waals surface area contributed by atoms with Gasteiger partial charge in [0.25, 0.3) is 0 Å². The highest BCUT2D eigenvalue weighted by atomic mass is 19.1. The Hall–Kier alpha value is -1.46. The first-order valence-electron chi connectivity index (χ1n) is 6.57. The van der Waals surface area contributed by atoms with Gasteiger partial charge in [-0.25, -0.2) is 4.39 Å². The highest BCUT2D eigenvalue weighted by Crippen LogP contribution is 2.18. The van der Waals surface area contributed by atoms with Crippen molar-refractivity contribution in [1.82, 2.24) is 5.32 Å². The highest BCUT2D eigenvalue weighted by Gasteiger charge is 2.29. The summed E-state index contributed by atoms with van der Waals surface area (Å²) >= 11 is 0. The standard InChI is InChI=1S/C14H19FN2O2/c15-12-4-2-1-3-10(12)7-8-17-14(18)13-6-5-11(9-16)19-13/h1-4,11,13H,5-9,16H2,(H,17,18). The van der Waals surface area contributed by atoms with Crippen LogP contribution in [-0.4, -0.2) is 31.2 Å². The maximum absolute atomic E-state index is 13.4. The second kappa shape index (κ2) is 6.63. The van der Waals surface area contributed by atoms with Crippen LogP contribution in [0.25, 0.3) is 0 Å².